The molecule has 1 aromatic carbocycles. The zero-order valence-corrected chi connectivity index (χ0v) is 15.0. The third-order valence-corrected chi connectivity index (χ3v) is 5.79. The van der Waals surface area contributed by atoms with E-state index in [1.54, 1.807) is 0 Å². The number of fused-ring (bicyclic) bond motifs is 1. The van der Waals surface area contributed by atoms with Crippen LogP contribution in [0.15, 0.2) is 33.9 Å². The summed E-state index contributed by atoms with van der Waals surface area (Å²) in [6.45, 7) is 0. The van der Waals surface area contributed by atoms with Crippen LogP contribution in [0, 0.1) is 33.8 Å². The van der Waals surface area contributed by atoms with Crippen LogP contribution in [-0.4, -0.2) is 33.1 Å². The molecular formula is C17H14BrN3O5. The lowest BCUT2D eigenvalue weighted by Gasteiger charge is -2.37. The number of aromatic hydroxyl groups is 1. The Kier molecular flexibility index (Phi) is 3.91. The topological polar surface area (TPSA) is 113 Å². The molecule has 3 aliphatic carbocycles. The van der Waals surface area contributed by atoms with Crippen molar-refractivity contribution in [2.24, 2.45) is 28.8 Å². The minimum atomic E-state index is -0.721. The average Bonchev–Trinajstić information content (AvgIpc) is 2.89. The van der Waals surface area contributed by atoms with Gasteiger partial charge in [-0.25, -0.2) is 0 Å². The van der Waals surface area contributed by atoms with Gasteiger partial charge in [-0.05, 0) is 30.7 Å². The van der Waals surface area contributed by atoms with Crippen LogP contribution in [0.1, 0.15) is 18.4 Å². The fourth-order valence-corrected chi connectivity index (χ4v) is 4.60. The third kappa shape index (κ3) is 2.45. The van der Waals surface area contributed by atoms with Gasteiger partial charge in [0, 0.05) is 16.1 Å². The average molecular weight is 420 g/mol. The van der Waals surface area contributed by atoms with Crippen molar-refractivity contribution < 1.29 is 19.6 Å². The van der Waals surface area contributed by atoms with Crippen LogP contribution in [0.5, 0.6) is 5.75 Å². The van der Waals surface area contributed by atoms with Gasteiger partial charge in [0.2, 0.25) is 5.75 Å². The molecule has 8 nitrogen and oxygen atoms in total. The van der Waals surface area contributed by atoms with Crippen molar-refractivity contribution in [3.05, 3.63) is 44.4 Å². The largest absolute Gasteiger partial charge is 0.502 e. The number of hydrazone groups is 1. The van der Waals surface area contributed by atoms with E-state index in [1.165, 1.54) is 6.07 Å². The van der Waals surface area contributed by atoms with Gasteiger partial charge in [0.05, 0.1) is 23.0 Å². The van der Waals surface area contributed by atoms with Crippen molar-refractivity contribution >= 4 is 39.6 Å². The van der Waals surface area contributed by atoms with Gasteiger partial charge in [-0.15, -0.1) is 0 Å². The highest BCUT2D eigenvalue weighted by Gasteiger charge is 2.56. The number of nitro groups is 1. The highest BCUT2D eigenvalue weighted by Crippen LogP contribution is 2.49. The first-order valence-corrected chi connectivity index (χ1v) is 8.95. The molecule has 26 heavy (non-hydrogen) atoms. The fourth-order valence-electron chi connectivity index (χ4n) is 4.14. The lowest BCUT2D eigenvalue weighted by Crippen LogP contribution is -2.38. The number of halogens is 1. The number of nitro benzene ring substituents is 1. The smallest absolute Gasteiger partial charge is 0.312 e. The molecule has 1 aliphatic heterocycles. The lowest BCUT2D eigenvalue weighted by molar-refractivity contribution is -0.385. The maximum Gasteiger partial charge on any atom is 0.312 e. The van der Waals surface area contributed by atoms with Crippen LogP contribution in [-0.2, 0) is 9.59 Å². The van der Waals surface area contributed by atoms with E-state index in [1.807, 2.05) is 12.2 Å². The summed E-state index contributed by atoms with van der Waals surface area (Å²) in [5.41, 5.74) is -0.446. The molecule has 9 heteroatoms. The van der Waals surface area contributed by atoms with E-state index in [9.17, 15) is 24.8 Å². The van der Waals surface area contributed by atoms with Crippen LogP contribution < -0.4 is 0 Å². The number of phenolic OH excluding ortho intramolecular Hbond substituents is 1. The van der Waals surface area contributed by atoms with Crippen LogP contribution in [0.4, 0.5) is 5.69 Å². The Bertz CT molecular complexity index is 865. The number of carbonyl (C=O) groups is 2. The van der Waals surface area contributed by atoms with Crippen molar-refractivity contribution in [3.8, 4) is 5.75 Å². The molecule has 2 bridgehead atoms. The number of imide groups is 1. The van der Waals surface area contributed by atoms with Crippen molar-refractivity contribution in [1.82, 2.24) is 5.01 Å². The number of amides is 2. The van der Waals surface area contributed by atoms with E-state index in [4.69, 9.17) is 0 Å². The maximum atomic E-state index is 12.7. The summed E-state index contributed by atoms with van der Waals surface area (Å²) >= 11 is 3.13. The minimum Gasteiger partial charge on any atom is -0.502 e. The molecule has 1 saturated heterocycles. The summed E-state index contributed by atoms with van der Waals surface area (Å²) in [5.74, 6) is -1.91. The van der Waals surface area contributed by atoms with E-state index >= 15 is 0 Å². The van der Waals surface area contributed by atoms with Gasteiger partial charge in [-0.3, -0.25) is 19.7 Å². The molecule has 1 heterocycles. The molecule has 1 aromatic rings. The van der Waals surface area contributed by atoms with Crippen molar-refractivity contribution in [3.63, 3.8) is 0 Å². The molecule has 4 unspecified atom stereocenters. The van der Waals surface area contributed by atoms with E-state index in [0.29, 0.717) is 4.47 Å². The molecule has 4 aliphatic rings. The quantitative estimate of drug-likeness (QED) is 0.266. The standard InChI is InChI=1S/C17H14BrN3O5/c18-11-5-10(15(22)12(6-11)21(25)26)7-19-20-16(23)13-8-1-2-9(4-3-8)14(13)17(20)24/h1-2,5-9,13-14,22H,3-4H2/b19-7+. The van der Waals surface area contributed by atoms with Crippen LogP contribution in [0.25, 0.3) is 0 Å². The Morgan fingerprint density at radius 1 is 1.19 bits per heavy atom. The molecule has 134 valence electrons. The molecule has 5 rings (SSSR count). The number of nitrogens with zero attached hydrogens (tertiary/aromatic N) is 3. The van der Waals surface area contributed by atoms with Crippen LogP contribution >= 0.6 is 15.9 Å². The molecule has 0 aromatic heterocycles. The monoisotopic (exact) mass is 419 g/mol. The Hall–Kier alpha value is -2.55. The third-order valence-electron chi connectivity index (χ3n) is 5.33. The number of hydrogen-bond acceptors (Lipinski definition) is 6. The molecule has 2 amide bonds. The SMILES string of the molecule is O=C1C2C3C=CC(CC3)C2C(=O)N1/N=C/c1cc(Br)cc([N+](=O)[O-])c1O. The number of carbonyl (C=O) groups excluding carboxylic acids is 2. The summed E-state index contributed by atoms with van der Waals surface area (Å²) in [5, 5.41) is 25.8. The molecular weight excluding hydrogens is 406 g/mol. The van der Waals surface area contributed by atoms with E-state index in [2.05, 4.69) is 21.0 Å². The van der Waals surface area contributed by atoms with Gasteiger partial charge in [0.1, 0.15) is 0 Å². The van der Waals surface area contributed by atoms with E-state index < -0.39 is 16.4 Å². The van der Waals surface area contributed by atoms with Crippen molar-refractivity contribution in [2.45, 2.75) is 12.8 Å². The number of phenols is 1. The van der Waals surface area contributed by atoms with Gasteiger partial charge in [-0.2, -0.15) is 10.1 Å². The van der Waals surface area contributed by atoms with Gasteiger partial charge < -0.3 is 5.11 Å². The highest BCUT2D eigenvalue weighted by atomic mass is 79.9. The first-order valence-electron chi connectivity index (χ1n) is 8.15. The second kappa shape index (κ2) is 6.01. The Morgan fingerprint density at radius 2 is 1.77 bits per heavy atom. The molecule has 2 fully saturated rings. The molecule has 1 N–H and O–H groups in total. The zero-order chi connectivity index (χ0) is 18.6. The van der Waals surface area contributed by atoms with Gasteiger partial charge in [0.25, 0.3) is 11.8 Å². The molecule has 0 spiro atoms. The summed E-state index contributed by atoms with van der Waals surface area (Å²) in [6.07, 6.45) is 6.90. The Morgan fingerprint density at radius 3 is 2.27 bits per heavy atom. The summed E-state index contributed by atoms with van der Waals surface area (Å²) in [6, 6.07) is 2.59. The molecule has 1 saturated carbocycles. The predicted molar refractivity (Wildman–Crippen MR) is 94.2 cm³/mol. The summed E-state index contributed by atoms with van der Waals surface area (Å²) in [7, 11) is 0. The zero-order valence-electron chi connectivity index (χ0n) is 13.4. The summed E-state index contributed by atoms with van der Waals surface area (Å²) in [4.78, 5) is 35.6. The van der Waals surface area contributed by atoms with Gasteiger partial charge in [-0.1, -0.05) is 28.1 Å². The maximum absolute atomic E-state index is 12.7. The second-order valence-corrected chi connectivity index (χ2v) is 7.61. The van der Waals surface area contributed by atoms with Crippen molar-refractivity contribution in [1.29, 1.82) is 0 Å². The number of benzene rings is 1. The fraction of sp³-hybridized carbons (Fsp3) is 0.353. The molecule has 0 radical (unpaired) electrons. The Balaban J connectivity index is 1.65. The Labute approximate surface area is 156 Å². The number of allylic oxidation sites excluding steroid dienone is 2. The predicted octanol–water partition coefficient (Wildman–Crippen LogP) is 2.59. The normalized spacial score (nSPS) is 29.7. The number of rotatable bonds is 3. The number of hydrogen-bond donors (Lipinski definition) is 1. The van der Waals surface area contributed by atoms with Crippen molar-refractivity contribution in [2.75, 3.05) is 0 Å². The van der Waals surface area contributed by atoms with Gasteiger partial charge in [0.15, 0.2) is 0 Å². The molecule has 4 atom stereocenters. The van der Waals surface area contributed by atoms with Gasteiger partial charge >= 0.3 is 5.69 Å². The summed E-state index contributed by atoms with van der Waals surface area (Å²) < 4.78 is 0.374. The van der Waals surface area contributed by atoms with Crippen LogP contribution in [0.3, 0.4) is 0 Å². The first-order chi connectivity index (χ1) is 12.4. The minimum absolute atomic E-state index is 0.0441. The lowest BCUT2D eigenvalue weighted by atomic mass is 9.63. The van der Waals surface area contributed by atoms with E-state index in [-0.39, 0.29) is 41.0 Å². The van der Waals surface area contributed by atoms with E-state index in [0.717, 1.165) is 30.1 Å². The highest BCUT2D eigenvalue weighted by molar-refractivity contribution is 9.10. The van der Waals surface area contributed by atoms with Crippen LogP contribution in [0.2, 0.25) is 0 Å². The second-order valence-electron chi connectivity index (χ2n) is 6.69. The first kappa shape index (κ1) is 16.9.